The highest BCUT2D eigenvalue weighted by Gasteiger charge is 1.95. The zero-order chi connectivity index (χ0) is 23.3. The molecule has 3 fully saturated rings. The van der Waals surface area contributed by atoms with Crippen molar-refractivity contribution < 1.29 is 0 Å². The molecule has 0 aromatic heterocycles. The molecule has 3 aliphatic rings. The van der Waals surface area contributed by atoms with Crippen molar-refractivity contribution in [2.24, 2.45) is 0 Å². The predicted molar refractivity (Wildman–Crippen MR) is 144 cm³/mol. The van der Waals surface area contributed by atoms with Crippen LogP contribution >= 0.6 is 0 Å². The molecule has 0 saturated carbocycles. The Kier molecular flexibility index (Phi) is 25.9. The highest BCUT2D eigenvalue weighted by molar-refractivity contribution is 4.60. The molecule has 9 N–H and O–H groups in total. The van der Waals surface area contributed by atoms with Gasteiger partial charge in [0, 0.05) is 65.4 Å². The van der Waals surface area contributed by atoms with Crippen molar-refractivity contribution in [2.45, 2.75) is 38.5 Å². The third-order valence-electron chi connectivity index (χ3n) is 5.72. The van der Waals surface area contributed by atoms with Crippen molar-refractivity contribution in [3.63, 3.8) is 0 Å². The van der Waals surface area contributed by atoms with E-state index < -0.39 is 0 Å². The number of hydrogen-bond acceptors (Lipinski definition) is 9. The molecule has 0 aromatic carbocycles. The van der Waals surface area contributed by atoms with E-state index in [1.165, 1.54) is 51.6 Å². The summed E-state index contributed by atoms with van der Waals surface area (Å²) < 4.78 is 0. The van der Waals surface area contributed by atoms with Gasteiger partial charge in [-0.25, -0.2) is 0 Å². The van der Waals surface area contributed by atoms with Gasteiger partial charge in [-0.2, -0.15) is 0 Å². The maximum Gasteiger partial charge on any atom is 0.00772 e. The molecule has 0 atom stereocenters. The van der Waals surface area contributed by atoms with Crippen molar-refractivity contribution in [3.05, 3.63) is 0 Å². The second kappa shape index (κ2) is 27.9. The van der Waals surface area contributed by atoms with E-state index in [-0.39, 0.29) is 0 Å². The number of hydrogen-bond donors (Lipinski definition) is 9. The van der Waals surface area contributed by atoms with Crippen molar-refractivity contribution in [1.29, 1.82) is 0 Å². The maximum absolute atomic E-state index is 3.42. The summed E-state index contributed by atoms with van der Waals surface area (Å²) in [7, 11) is 0. The smallest absolute Gasteiger partial charge is 0.00772 e. The molecular weight excluding hydrogens is 414 g/mol. The molecule has 3 saturated heterocycles. The molecule has 0 bridgehead atoms. The Labute approximate surface area is 204 Å². The highest BCUT2D eigenvalue weighted by atomic mass is 15.0. The quantitative estimate of drug-likeness (QED) is 0.212. The first-order valence-electron chi connectivity index (χ1n) is 13.9. The van der Waals surface area contributed by atoms with Gasteiger partial charge >= 0.3 is 0 Å². The standard InChI is InChI=1S/2C9H21N3.C6H15N3/c1-4-10-6-2-8-12-9-3-7-11-5-1;1-2-4-10-6-8-12-9-7-11-5-3-1;1-2-8-5-6-9-4-3-7-1/h2*10-12H,1-9H2;7-9H,1-6H2. The molecule has 3 heterocycles. The van der Waals surface area contributed by atoms with Crippen LogP contribution in [-0.2, 0) is 0 Å². The minimum atomic E-state index is 1.10. The van der Waals surface area contributed by atoms with Gasteiger partial charge in [-0.05, 0) is 84.5 Å². The lowest BCUT2D eigenvalue weighted by Gasteiger charge is -2.10. The third-order valence-corrected chi connectivity index (χ3v) is 5.72. The van der Waals surface area contributed by atoms with Gasteiger partial charge in [0.2, 0.25) is 0 Å². The molecule has 9 nitrogen and oxygen atoms in total. The minimum absolute atomic E-state index is 1.10. The molecule has 0 unspecified atom stereocenters. The van der Waals surface area contributed by atoms with Crippen molar-refractivity contribution >= 4 is 0 Å². The van der Waals surface area contributed by atoms with Crippen LogP contribution in [0.15, 0.2) is 0 Å². The fourth-order valence-corrected chi connectivity index (χ4v) is 3.70. The normalized spacial score (nSPS) is 24.0. The first-order chi connectivity index (χ1) is 16.5. The first-order valence-corrected chi connectivity index (χ1v) is 13.9. The summed E-state index contributed by atoms with van der Waals surface area (Å²) in [4.78, 5) is 0. The van der Waals surface area contributed by atoms with E-state index in [4.69, 9.17) is 0 Å². The molecule has 33 heavy (non-hydrogen) atoms. The van der Waals surface area contributed by atoms with Crippen LogP contribution < -0.4 is 47.9 Å². The lowest BCUT2D eigenvalue weighted by Crippen LogP contribution is -2.34. The molecule has 0 spiro atoms. The van der Waals surface area contributed by atoms with Crippen LogP contribution in [0, 0.1) is 0 Å². The molecule has 198 valence electrons. The summed E-state index contributed by atoms with van der Waals surface area (Å²) in [5, 5.41) is 30.4. The molecule has 0 radical (unpaired) electrons. The van der Waals surface area contributed by atoms with Gasteiger partial charge in [0.15, 0.2) is 0 Å². The fourth-order valence-electron chi connectivity index (χ4n) is 3.70. The van der Waals surface area contributed by atoms with Crippen LogP contribution in [0.3, 0.4) is 0 Å². The summed E-state index contributed by atoms with van der Waals surface area (Å²) in [5.74, 6) is 0. The van der Waals surface area contributed by atoms with E-state index in [0.29, 0.717) is 0 Å². The first kappa shape index (κ1) is 30.7. The van der Waals surface area contributed by atoms with Crippen molar-refractivity contribution in [1.82, 2.24) is 47.9 Å². The van der Waals surface area contributed by atoms with Gasteiger partial charge in [0.1, 0.15) is 0 Å². The summed E-state index contributed by atoms with van der Waals surface area (Å²) in [6.45, 7) is 20.3. The molecule has 0 amide bonds. The van der Waals surface area contributed by atoms with Crippen LogP contribution in [0.4, 0.5) is 0 Å². The summed E-state index contributed by atoms with van der Waals surface area (Å²) in [5.41, 5.74) is 0. The van der Waals surface area contributed by atoms with Crippen LogP contribution in [0.25, 0.3) is 0 Å². The van der Waals surface area contributed by atoms with E-state index in [0.717, 1.165) is 105 Å². The average molecular weight is 472 g/mol. The number of rotatable bonds is 0. The molecule has 3 rings (SSSR count). The highest BCUT2D eigenvalue weighted by Crippen LogP contribution is 1.92. The van der Waals surface area contributed by atoms with Crippen LogP contribution in [-0.4, -0.2) is 118 Å². The molecule has 0 aliphatic carbocycles. The van der Waals surface area contributed by atoms with Crippen molar-refractivity contribution in [2.75, 3.05) is 118 Å². The lowest BCUT2D eigenvalue weighted by molar-refractivity contribution is 0.527. The average Bonchev–Trinajstić information content (AvgIpc) is 2.97. The fraction of sp³-hybridized carbons (Fsp3) is 1.00. The second-order valence-corrected chi connectivity index (χ2v) is 8.87. The van der Waals surface area contributed by atoms with Gasteiger partial charge in [-0.3, -0.25) is 0 Å². The van der Waals surface area contributed by atoms with Gasteiger partial charge in [0.25, 0.3) is 0 Å². The Hall–Kier alpha value is -0.360. The maximum atomic E-state index is 3.42. The zero-order valence-corrected chi connectivity index (χ0v) is 21.5. The van der Waals surface area contributed by atoms with Gasteiger partial charge in [-0.1, -0.05) is 6.42 Å². The van der Waals surface area contributed by atoms with Crippen molar-refractivity contribution in [3.8, 4) is 0 Å². The Morgan fingerprint density at radius 3 is 0.606 bits per heavy atom. The summed E-state index contributed by atoms with van der Waals surface area (Å²) in [6, 6.07) is 0. The van der Waals surface area contributed by atoms with Crippen LogP contribution in [0.5, 0.6) is 0 Å². The van der Waals surface area contributed by atoms with E-state index in [1.54, 1.807) is 0 Å². The van der Waals surface area contributed by atoms with Gasteiger partial charge in [-0.15, -0.1) is 0 Å². The van der Waals surface area contributed by atoms with Crippen LogP contribution in [0.2, 0.25) is 0 Å². The Morgan fingerprint density at radius 1 is 0.152 bits per heavy atom. The monoisotopic (exact) mass is 471 g/mol. The van der Waals surface area contributed by atoms with E-state index >= 15 is 0 Å². The summed E-state index contributed by atoms with van der Waals surface area (Å²) >= 11 is 0. The Balaban J connectivity index is 0.000000250. The lowest BCUT2D eigenvalue weighted by atomic mass is 10.2. The zero-order valence-electron chi connectivity index (χ0n) is 21.5. The largest absolute Gasteiger partial charge is 0.317 e. The van der Waals surface area contributed by atoms with E-state index in [2.05, 4.69) is 47.9 Å². The molecule has 3 aliphatic heterocycles. The Bertz CT molecular complexity index is 222. The van der Waals surface area contributed by atoms with Gasteiger partial charge in [0.05, 0.1) is 0 Å². The van der Waals surface area contributed by atoms with E-state index in [1.807, 2.05) is 0 Å². The van der Waals surface area contributed by atoms with Gasteiger partial charge < -0.3 is 47.9 Å². The Morgan fingerprint density at radius 2 is 0.333 bits per heavy atom. The third kappa shape index (κ3) is 26.1. The second-order valence-electron chi connectivity index (χ2n) is 8.87. The topological polar surface area (TPSA) is 108 Å². The number of nitrogens with one attached hydrogen (secondary N) is 9. The van der Waals surface area contributed by atoms with Crippen LogP contribution in [0.1, 0.15) is 38.5 Å². The van der Waals surface area contributed by atoms with E-state index in [9.17, 15) is 0 Å². The SMILES string of the molecule is C1CCNCCNCCNCC1.C1CNCCCNCCCNC1.C1CNCCNCCN1. The molecule has 9 heteroatoms. The minimum Gasteiger partial charge on any atom is -0.317 e. The predicted octanol–water partition coefficient (Wildman–Crippen LogP) is -1.35. The molecule has 0 aromatic rings. The molecular formula is C24H57N9. The summed E-state index contributed by atoms with van der Waals surface area (Å²) in [6.07, 6.45) is 7.77.